The van der Waals surface area contributed by atoms with Crippen molar-refractivity contribution < 1.29 is 37.0 Å². The summed E-state index contributed by atoms with van der Waals surface area (Å²) in [6.45, 7) is 7.05. The predicted octanol–water partition coefficient (Wildman–Crippen LogP) is 4.95. The van der Waals surface area contributed by atoms with Crippen LogP contribution in [-0.2, 0) is 26.2 Å². The van der Waals surface area contributed by atoms with Crippen LogP contribution >= 0.6 is 0 Å². The molecule has 2 amide bonds. The highest BCUT2D eigenvalue weighted by Gasteiger charge is 2.35. The summed E-state index contributed by atoms with van der Waals surface area (Å²) in [5.41, 5.74) is 1.85. The fourth-order valence-electron chi connectivity index (χ4n) is 4.94. The van der Waals surface area contributed by atoms with Gasteiger partial charge in [-0.3, -0.25) is 13.9 Å². The quantitative estimate of drug-likeness (QED) is 0.230. The third-order valence-corrected chi connectivity index (χ3v) is 9.62. The maximum absolute atomic E-state index is 14.5. The van der Waals surface area contributed by atoms with Gasteiger partial charge < -0.3 is 29.2 Å². The molecule has 12 heteroatoms. The van der Waals surface area contributed by atoms with Gasteiger partial charge in [0, 0.05) is 24.7 Å². The van der Waals surface area contributed by atoms with Crippen molar-refractivity contribution in [2.45, 2.75) is 64.1 Å². The van der Waals surface area contributed by atoms with Gasteiger partial charge in [0.2, 0.25) is 11.8 Å². The second-order valence-corrected chi connectivity index (χ2v) is 12.6. The van der Waals surface area contributed by atoms with Crippen molar-refractivity contribution in [1.82, 2.24) is 10.2 Å². The molecule has 0 aromatic heterocycles. The molecule has 0 aliphatic heterocycles. The van der Waals surface area contributed by atoms with E-state index in [-0.39, 0.29) is 40.6 Å². The zero-order valence-corrected chi connectivity index (χ0v) is 28.6. The molecule has 0 bridgehead atoms. The van der Waals surface area contributed by atoms with Crippen molar-refractivity contribution in [3.8, 4) is 23.0 Å². The molecule has 0 fully saturated rings. The van der Waals surface area contributed by atoms with Crippen molar-refractivity contribution in [2.75, 3.05) is 39.3 Å². The van der Waals surface area contributed by atoms with E-state index in [2.05, 4.69) is 5.32 Å². The summed E-state index contributed by atoms with van der Waals surface area (Å²) in [7, 11) is 1.27. The minimum Gasteiger partial charge on any atom is -0.497 e. The summed E-state index contributed by atoms with van der Waals surface area (Å²) in [6, 6.07) is 15.5. The molecule has 1 N–H and O–H groups in total. The summed E-state index contributed by atoms with van der Waals surface area (Å²) in [5, 5.41) is 2.99. The van der Waals surface area contributed by atoms with E-state index < -0.39 is 28.5 Å². The van der Waals surface area contributed by atoms with E-state index in [1.54, 1.807) is 12.1 Å². The Hall–Kier alpha value is -4.45. The van der Waals surface area contributed by atoms with E-state index in [0.717, 1.165) is 15.4 Å². The van der Waals surface area contributed by atoms with Crippen LogP contribution in [0.2, 0.25) is 0 Å². The lowest BCUT2D eigenvalue weighted by molar-refractivity contribution is -0.140. The molecule has 3 aromatic carbocycles. The van der Waals surface area contributed by atoms with Crippen LogP contribution in [0.4, 0.5) is 5.69 Å². The van der Waals surface area contributed by atoms with Crippen LogP contribution in [0.25, 0.3) is 0 Å². The van der Waals surface area contributed by atoms with Crippen LogP contribution in [0.3, 0.4) is 0 Å². The van der Waals surface area contributed by atoms with Crippen molar-refractivity contribution in [3.05, 3.63) is 71.8 Å². The average Bonchev–Trinajstić information content (AvgIpc) is 3.06. The zero-order valence-electron chi connectivity index (χ0n) is 27.8. The number of hydrogen-bond acceptors (Lipinski definition) is 8. The van der Waals surface area contributed by atoms with Gasteiger partial charge in [0.15, 0.2) is 11.5 Å². The number of carbonyl (C=O) groups excluding carboxylic acids is 2. The number of hydrogen-bond donors (Lipinski definition) is 1. The molecule has 250 valence electrons. The normalized spacial score (nSPS) is 12.4. The maximum Gasteiger partial charge on any atom is 0.265 e. The number of aryl methyl sites for hydroxylation is 1. The topological polar surface area (TPSA) is 124 Å². The van der Waals surface area contributed by atoms with Gasteiger partial charge in [0.1, 0.15) is 24.1 Å². The Morgan fingerprint density at radius 1 is 0.826 bits per heavy atom. The van der Waals surface area contributed by atoms with Gasteiger partial charge in [-0.2, -0.15) is 0 Å². The first kappa shape index (κ1) is 36.0. The largest absolute Gasteiger partial charge is 0.497 e. The number of nitrogens with zero attached hydrogens (tertiary/aromatic N) is 2. The van der Waals surface area contributed by atoms with Crippen LogP contribution in [0.15, 0.2) is 65.6 Å². The number of amides is 2. The molecule has 0 spiro atoms. The highest BCUT2D eigenvalue weighted by Crippen LogP contribution is 2.38. The van der Waals surface area contributed by atoms with E-state index in [9.17, 15) is 18.0 Å². The smallest absolute Gasteiger partial charge is 0.265 e. The van der Waals surface area contributed by atoms with Gasteiger partial charge in [-0.05, 0) is 62.1 Å². The molecule has 46 heavy (non-hydrogen) atoms. The summed E-state index contributed by atoms with van der Waals surface area (Å²) in [5.74, 6) is 0.193. The number of carbonyl (C=O) groups is 2. The van der Waals surface area contributed by atoms with Crippen LogP contribution in [-0.4, -0.2) is 72.2 Å². The fraction of sp³-hybridized carbons (Fsp3) is 0.412. The number of nitrogens with one attached hydrogen (secondary N) is 1. The van der Waals surface area contributed by atoms with Crippen LogP contribution in [0.1, 0.15) is 44.7 Å². The Kier molecular flexibility index (Phi) is 12.7. The Morgan fingerprint density at radius 2 is 1.48 bits per heavy atom. The molecule has 0 aliphatic rings. The van der Waals surface area contributed by atoms with Gasteiger partial charge >= 0.3 is 0 Å². The SMILES string of the molecule is CC[C@H](C(=O)N[C@@H](C)CC)N(Cc1ccccc1C)C(=O)CN(c1cc(OC)ccc1OC)S(=O)(=O)c1ccc(OC)c(OC)c1. The molecular formula is C34H45N3O8S. The lowest BCUT2D eigenvalue weighted by Gasteiger charge is -2.34. The zero-order chi connectivity index (χ0) is 34.0. The van der Waals surface area contributed by atoms with Gasteiger partial charge in [-0.1, -0.05) is 38.1 Å². The second kappa shape index (κ2) is 16.2. The van der Waals surface area contributed by atoms with Gasteiger partial charge in [-0.15, -0.1) is 0 Å². The molecule has 3 rings (SSSR count). The lowest BCUT2D eigenvalue weighted by Crippen LogP contribution is -2.53. The summed E-state index contributed by atoms with van der Waals surface area (Å²) < 4.78 is 51.6. The summed E-state index contributed by atoms with van der Waals surface area (Å²) in [4.78, 5) is 29.3. The lowest BCUT2D eigenvalue weighted by atomic mass is 10.1. The Bertz CT molecular complexity index is 1610. The molecule has 0 saturated heterocycles. The highest BCUT2D eigenvalue weighted by molar-refractivity contribution is 7.92. The first-order chi connectivity index (χ1) is 21.9. The molecule has 11 nitrogen and oxygen atoms in total. The number of benzene rings is 3. The highest BCUT2D eigenvalue weighted by atomic mass is 32.2. The maximum atomic E-state index is 14.5. The summed E-state index contributed by atoms with van der Waals surface area (Å²) >= 11 is 0. The van der Waals surface area contributed by atoms with Crippen LogP contribution < -0.4 is 28.6 Å². The van der Waals surface area contributed by atoms with Crippen molar-refractivity contribution >= 4 is 27.5 Å². The van der Waals surface area contributed by atoms with E-state index in [1.165, 1.54) is 57.6 Å². The second-order valence-electron chi connectivity index (χ2n) is 10.8. The molecule has 0 heterocycles. The average molecular weight is 656 g/mol. The molecule has 0 saturated carbocycles. The predicted molar refractivity (Wildman–Crippen MR) is 177 cm³/mol. The molecule has 0 unspecified atom stereocenters. The third kappa shape index (κ3) is 8.22. The number of sulfonamides is 1. The van der Waals surface area contributed by atoms with Gasteiger partial charge in [0.25, 0.3) is 10.0 Å². The van der Waals surface area contributed by atoms with Crippen LogP contribution in [0.5, 0.6) is 23.0 Å². The third-order valence-electron chi connectivity index (χ3n) is 7.87. The molecule has 2 atom stereocenters. The Labute approximate surface area is 272 Å². The summed E-state index contributed by atoms with van der Waals surface area (Å²) in [6.07, 6.45) is 1.02. The number of anilines is 1. The standard InChI is InChI=1S/C34H45N3O8S/c1-9-24(4)35-34(39)28(10-2)36(21-25-14-12-11-13-23(25)3)33(38)22-37(29-19-26(42-5)15-17-30(29)43-6)46(40,41)27-16-18-31(44-7)32(20-27)45-8/h11-20,24,28H,9-10,21-22H2,1-8H3,(H,35,39)/t24-,28+/m0/s1. The van der Waals surface area contributed by atoms with Crippen molar-refractivity contribution in [1.29, 1.82) is 0 Å². The van der Waals surface area contributed by atoms with Gasteiger partial charge in [-0.25, -0.2) is 8.42 Å². The molecular weight excluding hydrogens is 610 g/mol. The van der Waals surface area contributed by atoms with Crippen LogP contribution in [0, 0.1) is 6.92 Å². The minimum absolute atomic E-state index is 0.0814. The van der Waals surface area contributed by atoms with E-state index in [0.29, 0.717) is 24.3 Å². The van der Waals surface area contributed by atoms with Crippen molar-refractivity contribution in [3.63, 3.8) is 0 Å². The number of rotatable bonds is 16. The number of methoxy groups -OCH3 is 4. The first-order valence-electron chi connectivity index (χ1n) is 15.1. The van der Waals surface area contributed by atoms with Crippen molar-refractivity contribution in [2.24, 2.45) is 0 Å². The molecule has 3 aromatic rings. The van der Waals surface area contributed by atoms with E-state index >= 15 is 0 Å². The number of ether oxygens (including phenoxy) is 4. The van der Waals surface area contributed by atoms with E-state index in [1.807, 2.05) is 52.0 Å². The van der Waals surface area contributed by atoms with E-state index in [4.69, 9.17) is 18.9 Å². The monoisotopic (exact) mass is 655 g/mol. The molecule has 0 aliphatic carbocycles. The Balaban J connectivity index is 2.21. The van der Waals surface area contributed by atoms with Gasteiger partial charge in [0.05, 0.1) is 39.0 Å². The first-order valence-corrected chi connectivity index (χ1v) is 16.5. The Morgan fingerprint density at radius 3 is 2.07 bits per heavy atom. The molecule has 0 radical (unpaired) electrons. The minimum atomic E-state index is -4.44. The fourth-order valence-corrected chi connectivity index (χ4v) is 6.37.